The first-order valence-corrected chi connectivity index (χ1v) is 5.35. The molecule has 1 saturated heterocycles. The van der Waals surface area contributed by atoms with Crippen LogP contribution in [0.4, 0.5) is 0 Å². The van der Waals surface area contributed by atoms with Crippen molar-refractivity contribution in [2.24, 2.45) is 0 Å². The quantitative estimate of drug-likeness (QED) is 0.638. The second-order valence-corrected chi connectivity index (χ2v) is 4.05. The van der Waals surface area contributed by atoms with Crippen LogP contribution >= 0.6 is 0 Å². The zero-order chi connectivity index (χ0) is 11.3. The molecule has 15 heavy (non-hydrogen) atoms. The first kappa shape index (κ1) is 12.4. The number of ether oxygens (including phenoxy) is 1. The summed E-state index contributed by atoms with van der Waals surface area (Å²) in [6.07, 6.45) is -0.300. The van der Waals surface area contributed by atoms with Gasteiger partial charge in [0.15, 0.2) is 0 Å². The Kier molecular flexibility index (Phi) is 5.01. The Morgan fingerprint density at radius 1 is 1.60 bits per heavy atom. The monoisotopic (exact) mass is 215 g/mol. The average molecular weight is 215 g/mol. The molecule has 0 saturated carbocycles. The van der Waals surface area contributed by atoms with Crippen LogP contribution in [0, 0.1) is 0 Å². The molecule has 1 aliphatic rings. The van der Waals surface area contributed by atoms with Crippen LogP contribution in [0.2, 0.25) is 0 Å². The van der Waals surface area contributed by atoms with Crippen LogP contribution in [0.1, 0.15) is 0 Å². The minimum absolute atomic E-state index is 0.109. The van der Waals surface area contributed by atoms with Crippen LogP contribution in [0.25, 0.3) is 0 Å². The lowest BCUT2D eigenvalue weighted by molar-refractivity contribution is -0.152. The SMILES string of the molecule is CNCC1OCCN(CCN(C)C)C1=O. The highest BCUT2D eigenvalue weighted by molar-refractivity contribution is 5.81. The molecule has 0 aromatic heterocycles. The third kappa shape index (κ3) is 3.77. The highest BCUT2D eigenvalue weighted by Gasteiger charge is 2.28. The van der Waals surface area contributed by atoms with E-state index in [2.05, 4.69) is 10.2 Å². The van der Waals surface area contributed by atoms with E-state index in [1.807, 2.05) is 26.0 Å². The van der Waals surface area contributed by atoms with E-state index < -0.39 is 0 Å². The molecule has 0 radical (unpaired) electrons. The van der Waals surface area contributed by atoms with Crippen LogP contribution in [0.5, 0.6) is 0 Å². The van der Waals surface area contributed by atoms with Gasteiger partial charge in [0.25, 0.3) is 5.91 Å². The fraction of sp³-hybridized carbons (Fsp3) is 0.900. The van der Waals surface area contributed by atoms with Crippen LogP contribution in [0.15, 0.2) is 0 Å². The largest absolute Gasteiger partial charge is 0.365 e. The van der Waals surface area contributed by atoms with Crippen molar-refractivity contribution in [3.63, 3.8) is 0 Å². The summed E-state index contributed by atoms with van der Waals surface area (Å²) in [5.74, 6) is 0.109. The van der Waals surface area contributed by atoms with E-state index in [0.29, 0.717) is 19.7 Å². The molecule has 0 aromatic carbocycles. The van der Waals surface area contributed by atoms with E-state index in [4.69, 9.17) is 4.74 Å². The van der Waals surface area contributed by atoms with Crippen LogP contribution in [0.3, 0.4) is 0 Å². The number of nitrogens with zero attached hydrogens (tertiary/aromatic N) is 2. The fourth-order valence-electron chi connectivity index (χ4n) is 1.56. The fourth-order valence-corrected chi connectivity index (χ4v) is 1.56. The molecule has 0 aliphatic carbocycles. The van der Waals surface area contributed by atoms with Crippen LogP contribution in [-0.4, -0.2) is 75.7 Å². The minimum Gasteiger partial charge on any atom is -0.365 e. The van der Waals surface area contributed by atoms with Crippen molar-refractivity contribution in [1.29, 1.82) is 0 Å². The third-order valence-electron chi connectivity index (χ3n) is 2.47. The van der Waals surface area contributed by atoms with E-state index in [1.165, 1.54) is 0 Å². The second kappa shape index (κ2) is 6.05. The molecule has 1 atom stereocenters. The van der Waals surface area contributed by atoms with Crippen molar-refractivity contribution in [1.82, 2.24) is 15.1 Å². The highest BCUT2D eigenvalue weighted by Crippen LogP contribution is 2.06. The number of carbonyl (C=O) groups is 1. The first-order valence-electron chi connectivity index (χ1n) is 5.35. The summed E-state index contributed by atoms with van der Waals surface area (Å²) in [6.45, 7) is 3.64. The number of likely N-dealkylation sites (N-methyl/N-ethyl adjacent to an activating group) is 2. The number of hydrogen-bond donors (Lipinski definition) is 1. The van der Waals surface area contributed by atoms with Crippen molar-refractivity contribution in [3.8, 4) is 0 Å². The zero-order valence-electron chi connectivity index (χ0n) is 9.82. The van der Waals surface area contributed by atoms with Crippen LogP contribution in [-0.2, 0) is 9.53 Å². The normalized spacial score (nSPS) is 22.5. The lowest BCUT2D eigenvalue weighted by Gasteiger charge is -2.33. The maximum Gasteiger partial charge on any atom is 0.253 e. The van der Waals surface area contributed by atoms with Crippen molar-refractivity contribution in [2.45, 2.75) is 6.10 Å². The Bertz CT molecular complexity index is 207. The van der Waals surface area contributed by atoms with E-state index in [0.717, 1.165) is 13.1 Å². The Labute approximate surface area is 91.4 Å². The van der Waals surface area contributed by atoms with Gasteiger partial charge in [-0.25, -0.2) is 0 Å². The zero-order valence-corrected chi connectivity index (χ0v) is 9.82. The van der Waals surface area contributed by atoms with Gasteiger partial charge in [-0.3, -0.25) is 4.79 Å². The maximum atomic E-state index is 11.9. The number of nitrogens with one attached hydrogen (secondary N) is 1. The summed E-state index contributed by atoms with van der Waals surface area (Å²) in [7, 11) is 5.85. The molecule has 1 heterocycles. The molecule has 5 heteroatoms. The summed E-state index contributed by atoms with van der Waals surface area (Å²) >= 11 is 0. The molecule has 1 N–H and O–H groups in total. The standard InChI is InChI=1S/C10H21N3O2/c1-11-8-9-10(14)13(6-7-15-9)5-4-12(2)3/h9,11H,4-8H2,1-3H3. The molecule has 5 nitrogen and oxygen atoms in total. The lowest BCUT2D eigenvalue weighted by Crippen LogP contribution is -2.52. The smallest absolute Gasteiger partial charge is 0.253 e. The summed E-state index contributed by atoms with van der Waals surface area (Å²) < 4.78 is 5.40. The van der Waals surface area contributed by atoms with Gasteiger partial charge in [0, 0.05) is 26.2 Å². The number of hydrogen-bond acceptors (Lipinski definition) is 4. The molecule has 88 valence electrons. The number of carbonyl (C=O) groups excluding carboxylic acids is 1. The molecule has 1 rings (SSSR count). The summed E-state index contributed by atoms with van der Waals surface area (Å²) in [4.78, 5) is 15.8. The van der Waals surface area contributed by atoms with E-state index in [-0.39, 0.29) is 12.0 Å². The van der Waals surface area contributed by atoms with Crippen LogP contribution < -0.4 is 5.32 Å². The molecule has 1 aliphatic heterocycles. The molecule has 0 aromatic rings. The molecule has 0 bridgehead atoms. The number of rotatable bonds is 5. The minimum atomic E-state index is -0.300. The molecule has 1 fully saturated rings. The summed E-state index contributed by atoms with van der Waals surface area (Å²) in [6, 6.07) is 0. The average Bonchev–Trinajstić information content (AvgIpc) is 2.19. The van der Waals surface area contributed by atoms with Gasteiger partial charge in [-0.1, -0.05) is 0 Å². The number of morpholine rings is 1. The molecule has 1 amide bonds. The lowest BCUT2D eigenvalue weighted by atomic mass is 10.2. The Balaban J connectivity index is 2.40. The number of amides is 1. The van der Waals surface area contributed by atoms with Crippen molar-refractivity contribution < 1.29 is 9.53 Å². The van der Waals surface area contributed by atoms with Gasteiger partial charge in [-0.2, -0.15) is 0 Å². The van der Waals surface area contributed by atoms with Gasteiger partial charge in [-0.05, 0) is 21.1 Å². The van der Waals surface area contributed by atoms with Gasteiger partial charge in [0.1, 0.15) is 6.10 Å². The third-order valence-corrected chi connectivity index (χ3v) is 2.47. The molecule has 0 spiro atoms. The second-order valence-electron chi connectivity index (χ2n) is 4.05. The predicted octanol–water partition coefficient (Wildman–Crippen LogP) is -1.01. The first-order chi connectivity index (χ1) is 7.15. The van der Waals surface area contributed by atoms with Gasteiger partial charge in [0.05, 0.1) is 6.61 Å². The highest BCUT2D eigenvalue weighted by atomic mass is 16.5. The Morgan fingerprint density at radius 3 is 2.93 bits per heavy atom. The van der Waals surface area contributed by atoms with E-state index >= 15 is 0 Å². The topological polar surface area (TPSA) is 44.8 Å². The summed E-state index contributed by atoms with van der Waals surface area (Å²) in [5.41, 5.74) is 0. The van der Waals surface area contributed by atoms with Crippen molar-refractivity contribution in [2.75, 3.05) is 53.9 Å². The van der Waals surface area contributed by atoms with Gasteiger partial charge < -0.3 is 19.9 Å². The molecular weight excluding hydrogens is 194 g/mol. The van der Waals surface area contributed by atoms with Crippen molar-refractivity contribution >= 4 is 5.91 Å². The van der Waals surface area contributed by atoms with Gasteiger partial charge in [-0.15, -0.1) is 0 Å². The van der Waals surface area contributed by atoms with E-state index in [1.54, 1.807) is 0 Å². The summed E-state index contributed by atoms with van der Waals surface area (Å²) in [5, 5.41) is 2.97. The Hall–Kier alpha value is -0.650. The Morgan fingerprint density at radius 2 is 2.33 bits per heavy atom. The van der Waals surface area contributed by atoms with Gasteiger partial charge >= 0.3 is 0 Å². The molecule has 1 unspecified atom stereocenters. The maximum absolute atomic E-state index is 11.9. The molecular formula is C10H21N3O2. The predicted molar refractivity (Wildman–Crippen MR) is 58.8 cm³/mol. The van der Waals surface area contributed by atoms with Crippen molar-refractivity contribution in [3.05, 3.63) is 0 Å². The van der Waals surface area contributed by atoms with Gasteiger partial charge in [0.2, 0.25) is 0 Å². The van der Waals surface area contributed by atoms with E-state index in [9.17, 15) is 4.79 Å².